The summed E-state index contributed by atoms with van der Waals surface area (Å²) in [6, 6.07) is 14.9. The molecular weight excluding hydrogens is 833 g/mol. The van der Waals surface area contributed by atoms with Crippen LogP contribution in [0.4, 0.5) is 0 Å². The minimum atomic E-state index is 0.249. The number of nitrogens with zero attached hydrogens (tertiary/aromatic N) is 2. The third-order valence-electron chi connectivity index (χ3n) is 16.1. The van der Waals surface area contributed by atoms with Gasteiger partial charge >= 0.3 is 9.84 Å². The molecule has 0 saturated heterocycles. The Morgan fingerprint density at radius 2 is 0.754 bits per heavy atom. The van der Waals surface area contributed by atoms with Gasteiger partial charge in [0, 0.05) is 61.2 Å². The molecule has 314 valence electrons. The monoisotopic (exact) mass is 892 g/mol. The van der Waals surface area contributed by atoms with Gasteiger partial charge in [0.15, 0.2) is 0 Å². The standard InChI is InChI=1S/C54H60N2S4Si/c1-5-13-33(14-6-1)27-41-43(29-35-17-9-3-10-18-35)53-45(37-23-25-57-51(37)41)31-47(59-53)39-21-22-40(50-49(39)55-61-56-50)48-32-46-38-24-26-58-52(38)42(28-34-15-7-2-8-16-34)44(54(46)60-48)30-36-19-11-4-12-20-36/h21-26,31-36H,1-20,27-30H2. The minimum Gasteiger partial charge on any atom is -0.291 e. The van der Waals surface area contributed by atoms with Crippen LogP contribution in [0.25, 0.3) is 61.2 Å². The van der Waals surface area contributed by atoms with Crippen LogP contribution in [0.2, 0.25) is 0 Å². The molecule has 2 radical (unpaired) electrons. The molecule has 61 heavy (non-hydrogen) atoms. The summed E-state index contributed by atoms with van der Waals surface area (Å²) >= 11 is 8.19. The van der Waals surface area contributed by atoms with E-state index in [0.29, 0.717) is 0 Å². The molecule has 2 nitrogen and oxygen atoms in total. The summed E-state index contributed by atoms with van der Waals surface area (Å²) in [6.45, 7) is 0. The quantitative estimate of drug-likeness (QED) is 0.122. The Morgan fingerprint density at radius 1 is 0.410 bits per heavy atom. The second-order valence-electron chi connectivity index (χ2n) is 20.0. The zero-order valence-electron chi connectivity index (χ0n) is 35.9. The highest BCUT2D eigenvalue weighted by atomic mass is 32.1. The van der Waals surface area contributed by atoms with Gasteiger partial charge in [-0.3, -0.25) is 9.32 Å². The highest BCUT2D eigenvalue weighted by Crippen LogP contribution is 2.48. The molecule has 0 unspecified atom stereocenters. The van der Waals surface area contributed by atoms with Crippen LogP contribution in [0.3, 0.4) is 0 Å². The van der Waals surface area contributed by atoms with Crippen molar-refractivity contribution in [2.24, 2.45) is 33.0 Å². The second-order valence-corrected chi connectivity index (χ2v) is 24.5. The highest BCUT2D eigenvalue weighted by Gasteiger charge is 2.28. The predicted molar refractivity (Wildman–Crippen MR) is 268 cm³/mol. The SMILES string of the molecule is c1cc2c(s1)c(CC1CCCCC1)c(CC1CCCCC1)c1sc(-c3ccc(-c4cc5c(s4)c(CC4CCCCC4)c(CC4CCCCC4)c4sccc45)c4c3=N[Si]N=4)cc12. The first-order chi connectivity index (χ1) is 30.2. The van der Waals surface area contributed by atoms with Crippen molar-refractivity contribution in [2.75, 3.05) is 0 Å². The number of rotatable bonds is 10. The topological polar surface area (TPSA) is 24.7 Å². The molecule has 4 aromatic heterocycles. The number of hydrogen-bond acceptors (Lipinski definition) is 6. The van der Waals surface area contributed by atoms with E-state index in [1.165, 1.54) is 197 Å². The number of fused-ring (bicyclic) bond motifs is 7. The minimum absolute atomic E-state index is 0.249. The summed E-state index contributed by atoms with van der Waals surface area (Å²) in [5, 5.41) is 13.0. The smallest absolute Gasteiger partial charge is 0.291 e. The van der Waals surface area contributed by atoms with Crippen molar-refractivity contribution in [2.45, 2.75) is 154 Å². The molecule has 4 saturated carbocycles. The molecule has 5 heterocycles. The van der Waals surface area contributed by atoms with Crippen LogP contribution in [0.15, 0.2) is 56.5 Å². The summed E-state index contributed by atoms with van der Waals surface area (Å²) in [5.74, 6) is 3.34. The van der Waals surface area contributed by atoms with Crippen LogP contribution in [0.5, 0.6) is 0 Å². The molecule has 3 aromatic carbocycles. The normalized spacial score (nSPS) is 20.0. The van der Waals surface area contributed by atoms with Gasteiger partial charge in [-0.25, -0.2) is 0 Å². The van der Waals surface area contributed by atoms with E-state index in [1.807, 2.05) is 22.7 Å². The maximum atomic E-state index is 5.24. The van der Waals surface area contributed by atoms with Crippen molar-refractivity contribution in [3.8, 4) is 20.9 Å². The lowest BCUT2D eigenvalue weighted by molar-refractivity contribution is 0.348. The van der Waals surface area contributed by atoms with Gasteiger partial charge in [0.25, 0.3) is 0 Å². The lowest BCUT2D eigenvalue weighted by Gasteiger charge is -2.26. The maximum Gasteiger partial charge on any atom is 0.375 e. The third-order valence-corrected chi connectivity index (χ3v) is 21.1. The van der Waals surface area contributed by atoms with Crippen molar-refractivity contribution in [1.82, 2.24) is 0 Å². The second kappa shape index (κ2) is 17.4. The average molecular weight is 893 g/mol. The Labute approximate surface area is 381 Å². The predicted octanol–water partition coefficient (Wildman–Crippen LogP) is 16.2. The average Bonchev–Trinajstić information content (AvgIpc) is 4.17. The molecule has 0 amide bonds. The lowest BCUT2D eigenvalue weighted by atomic mass is 9.80. The van der Waals surface area contributed by atoms with Gasteiger partial charge in [-0.2, -0.15) is 0 Å². The first-order valence-electron chi connectivity index (χ1n) is 24.5. The van der Waals surface area contributed by atoms with E-state index in [4.69, 9.17) is 9.32 Å². The molecule has 12 rings (SSSR count). The Bertz CT molecular complexity index is 2650. The van der Waals surface area contributed by atoms with Crippen LogP contribution >= 0.6 is 45.3 Å². The van der Waals surface area contributed by atoms with E-state index >= 15 is 0 Å². The van der Waals surface area contributed by atoms with Crippen LogP contribution in [-0.2, 0) is 25.7 Å². The van der Waals surface area contributed by atoms with E-state index in [9.17, 15) is 0 Å². The van der Waals surface area contributed by atoms with Crippen LogP contribution in [0.1, 0.15) is 151 Å². The highest BCUT2D eigenvalue weighted by molar-refractivity contribution is 7.24. The van der Waals surface area contributed by atoms with E-state index in [1.54, 1.807) is 41.1 Å². The fraction of sp³-hybridized carbons (Fsp3) is 0.519. The first-order valence-corrected chi connectivity index (χ1v) is 28.7. The van der Waals surface area contributed by atoms with Crippen molar-refractivity contribution < 1.29 is 0 Å². The van der Waals surface area contributed by atoms with Crippen molar-refractivity contribution in [1.29, 1.82) is 0 Å². The van der Waals surface area contributed by atoms with Gasteiger partial charge < -0.3 is 0 Å². The van der Waals surface area contributed by atoms with Crippen LogP contribution in [0, 0.1) is 23.7 Å². The summed E-state index contributed by atoms with van der Waals surface area (Å²) < 4.78 is 16.8. The Balaban J connectivity index is 0.974. The van der Waals surface area contributed by atoms with E-state index in [2.05, 4.69) is 69.8 Å². The van der Waals surface area contributed by atoms with Crippen molar-refractivity contribution >= 4 is 95.5 Å². The molecule has 4 aliphatic carbocycles. The number of benzene rings is 3. The molecule has 0 atom stereocenters. The van der Waals surface area contributed by atoms with Crippen molar-refractivity contribution in [3.05, 3.63) is 80.1 Å². The largest absolute Gasteiger partial charge is 0.375 e. The molecule has 0 spiro atoms. The summed E-state index contributed by atoms with van der Waals surface area (Å²) in [4.78, 5) is 2.77. The Kier molecular flexibility index (Phi) is 11.4. The molecular formula is C54H60N2S4Si. The zero-order chi connectivity index (χ0) is 40.3. The van der Waals surface area contributed by atoms with Crippen LogP contribution in [-0.4, -0.2) is 9.84 Å². The number of thiophene rings is 4. The van der Waals surface area contributed by atoms with E-state index < -0.39 is 0 Å². The van der Waals surface area contributed by atoms with Gasteiger partial charge in [-0.05, 0) is 107 Å². The molecule has 4 fully saturated rings. The number of hydrogen-bond donors (Lipinski definition) is 0. The molecule has 0 bridgehead atoms. The third kappa shape index (κ3) is 7.56. The molecule has 1 aliphatic heterocycles. The first kappa shape index (κ1) is 39.9. The van der Waals surface area contributed by atoms with Gasteiger partial charge in [0.1, 0.15) is 0 Å². The van der Waals surface area contributed by atoms with Gasteiger partial charge in [-0.15, -0.1) is 45.3 Å². The van der Waals surface area contributed by atoms with Crippen molar-refractivity contribution in [3.63, 3.8) is 0 Å². The summed E-state index contributed by atoms with van der Waals surface area (Å²) in [7, 11) is 0.249. The van der Waals surface area contributed by atoms with Gasteiger partial charge in [0.2, 0.25) is 0 Å². The fourth-order valence-electron chi connectivity index (χ4n) is 12.9. The zero-order valence-corrected chi connectivity index (χ0v) is 40.2. The lowest BCUT2D eigenvalue weighted by Crippen LogP contribution is -2.25. The molecule has 5 aliphatic rings. The Morgan fingerprint density at radius 3 is 1.11 bits per heavy atom. The van der Waals surface area contributed by atoms with E-state index in [0.717, 1.165) is 34.4 Å². The summed E-state index contributed by atoms with van der Waals surface area (Å²) in [5.41, 5.74) is 9.46. The van der Waals surface area contributed by atoms with E-state index in [-0.39, 0.29) is 9.84 Å². The van der Waals surface area contributed by atoms with Crippen LogP contribution < -0.4 is 10.7 Å². The summed E-state index contributed by atoms with van der Waals surface area (Å²) in [6.07, 6.45) is 33.4. The molecule has 7 aromatic rings. The molecule has 7 heteroatoms. The fourth-order valence-corrected chi connectivity index (χ4v) is 18.1. The van der Waals surface area contributed by atoms with Gasteiger partial charge in [0.05, 0.1) is 10.7 Å². The van der Waals surface area contributed by atoms with Gasteiger partial charge in [-0.1, -0.05) is 141 Å². The maximum absolute atomic E-state index is 5.24. The molecule has 0 N–H and O–H groups in total. The Hall–Kier alpha value is -2.68.